The molecular weight excluding hydrogens is 178 g/mol. The predicted octanol–water partition coefficient (Wildman–Crippen LogP) is 3.73. The van der Waals surface area contributed by atoms with E-state index >= 15 is 0 Å². The van der Waals surface area contributed by atoms with E-state index in [9.17, 15) is 0 Å². The number of aryl methyl sites for hydroxylation is 1. The molecule has 0 aliphatic carbocycles. The van der Waals surface area contributed by atoms with E-state index in [1.165, 1.54) is 15.3 Å². The quantitative estimate of drug-likeness (QED) is 0.669. The molecular formula is C11H13NS. The molecule has 0 bridgehead atoms. The summed E-state index contributed by atoms with van der Waals surface area (Å²) in [7, 11) is 0. The monoisotopic (exact) mass is 191 g/mol. The van der Waals surface area contributed by atoms with E-state index in [0.29, 0.717) is 5.92 Å². The maximum absolute atomic E-state index is 4.57. The van der Waals surface area contributed by atoms with Gasteiger partial charge < -0.3 is 0 Å². The molecule has 1 aromatic heterocycles. The van der Waals surface area contributed by atoms with Gasteiger partial charge in [0.15, 0.2) is 0 Å². The number of rotatable bonds is 1. The van der Waals surface area contributed by atoms with E-state index in [2.05, 4.69) is 44.0 Å². The Hall–Kier alpha value is -0.890. The first-order chi connectivity index (χ1) is 6.16. The molecule has 2 heteroatoms. The summed E-state index contributed by atoms with van der Waals surface area (Å²) >= 11 is 1.81. The van der Waals surface area contributed by atoms with Crippen molar-refractivity contribution in [3.8, 4) is 0 Å². The van der Waals surface area contributed by atoms with Gasteiger partial charge in [-0.05, 0) is 24.6 Å². The average molecular weight is 191 g/mol. The zero-order valence-electron chi connectivity index (χ0n) is 8.16. The van der Waals surface area contributed by atoms with E-state index in [1.807, 2.05) is 11.3 Å². The second-order valence-electron chi connectivity index (χ2n) is 3.68. The Kier molecular flexibility index (Phi) is 2.08. The summed E-state index contributed by atoms with van der Waals surface area (Å²) < 4.78 is 1.31. The highest BCUT2D eigenvalue weighted by Gasteiger charge is 2.06. The van der Waals surface area contributed by atoms with Gasteiger partial charge in [-0.3, -0.25) is 0 Å². The van der Waals surface area contributed by atoms with Gasteiger partial charge in [0.1, 0.15) is 0 Å². The van der Waals surface area contributed by atoms with Crippen molar-refractivity contribution < 1.29 is 0 Å². The first-order valence-corrected chi connectivity index (χ1v) is 5.35. The summed E-state index contributed by atoms with van der Waals surface area (Å²) in [6.45, 7) is 6.49. The highest BCUT2D eigenvalue weighted by Crippen LogP contribution is 2.27. The highest BCUT2D eigenvalue weighted by molar-refractivity contribution is 7.18. The molecule has 0 radical (unpaired) electrons. The lowest BCUT2D eigenvalue weighted by Gasteiger charge is -1.94. The Bertz CT molecular complexity index is 429. The van der Waals surface area contributed by atoms with Gasteiger partial charge >= 0.3 is 0 Å². The molecule has 0 N–H and O–H groups in total. The number of thiazole rings is 1. The van der Waals surface area contributed by atoms with Crippen LogP contribution >= 0.6 is 11.3 Å². The summed E-state index contributed by atoms with van der Waals surface area (Å²) in [5.41, 5.74) is 2.45. The Balaban J connectivity index is 2.62. The van der Waals surface area contributed by atoms with Crippen LogP contribution in [-0.4, -0.2) is 4.98 Å². The highest BCUT2D eigenvalue weighted by atomic mass is 32.1. The molecule has 0 fully saturated rings. The van der Waals surface area contributed by atoms with Gasteiger partial charge in [0.05, 0.1) is 15.2 Å². The average Bonchev–Trinajstić information content (AvgIpc) is 2.46. The molecule has 0 amide bonds. The first kappa shape index (κ1) is 8.70. The standard InChI is InChI=1S/C11H13NS/c1-7(2)11-12-9-5-4-8(3)6-10(9)13-11/h4-7H,1-3H3. The summed E-state index contributed by atoms with van der Waals surface area (Å²) in [5, 5.41) is 1.24. The van der Waals surface area contributed by atoms with E-state index in [1.54, 1.807) is 0 Å². The minimum atomic E-state index is 0.540. The first-order valence-electron chi connectivity index (χ1n) is 4.54. The van der Waals surface area contributed by atoms with Crippen LogP contribution in [0, 0.1) is 6.92 Å². The van der Waals surface area contributed by atoms with Crippen molar-refractivity contribution in [3.05, 3.63) is 28.8 Å². The molecule has 1 nitrogen and oxygen atoms in total. The largest absolute Gasteiger partial charge is 0.241 e. The van der Waals surface area contributed by atoms with Crippen LogP contribution < -0.4 is 0 Å². The van der Waals surface area contributed by atoms with Crippen molar-refractivity contribution in [3.63, 3.8) is 0 Å². The van der Waals surface area contributed by atoms with Crippen LogP contribution in [0.2, 0.25) is 0 Å². The van der Waals surface area contributed by atoms with E-state index in [4.69, 9.17) is 0 Å². The fourth-order valence-electron chi connectivity index (χ4n) is 1.30. The zero-order chi connectivity index (χ0) is 9.42. The third-order valence-electron chi connectivity index (χ3n) is 2.05. The van der Waals surface area contributed by atoms with Crippen LogP contribution in [0.4, 0.5) is 0 Å². The SMILES string of the molecule is Cc1ccc2nc(C(C)C)sc2c1. The molecule has 0 atom stereocenters. The van der Waals surface area contributed by atoms with Gasteiger partial charge in [0.2, 0.25) is 0 Å². The molecule has 1 aromatic carbocycles. The molecule has 13 heavy (non-hydrogen) atoms. The molecule has 0 aliphatic rings. The Morgan fingerprint density at radius 1 is 1.31 bits per heavy atom. The van der Waals surface area contributed by atoms with Crippen LogP contribution in [0.5, 0.6) is 0 Å². The minimum absolute atomic E-state index is 0.540. The number of benzene rings is 1. The van der Waals surface area contributed by atoms with Crippen LogP contribution in [0.15, 0.2) is 18.2 Å². The smallest absolute Gasteiger partial charge is 0.0963 e. The molecule has 0 saturated heterocycles. The van der Waals surface area contributed by atoms with Gasteiger partial charge in [-0.1, -0.05) is 19.9 Å². The van der Waals surface area contributed by atoms with Crippen LogP contribution in [0.3, 0.4) is 0 Å². The van der Waals surface area contributed by atoms with Crippen LogP contribution in [0.25, 0.3) is 10.2 Å². The summed E-state index contributed by atoms with van der Waals surface area (Å²) in [4.78, 5) is 4.57. The Morgan fingerprint density at radius 3 is 2.77 bits per heavy atom. The molecule has 0 saturated carbocycles. The fourth-order valence-corrected chi connectivity index (χ4v) is 2.36. The topological polar surface area (TPSA) is 12.9 Å². The number of nitrogens with zero attached hydrogens (tertiary/aromatic N) is 1. The van der Waals surface area contributed by atoms with Gasteiger partial charge in [-0.2, -0.15) is 0 Å². The molecule has 0 spiro atoms. The van der Waals surface area contributed by atoms with E-state index < -0.39 is 0 Å². The number of hydrogen-bond acceptors (Lipinski definition) is 2. The number of hydrogen-bond donors (Lipinski definition) is 0. The van der Waals surface area contributed by atoms with Crippen LogP contribution in [0.1, 0.15) is 30.3 Å². The number of aromatic nitrogens is 1. The molecule has 0 unspecified atom stereocenters. The lowest BCUT2D eigenvalue weighted by atomic mass is 10.2. The van der Waals surface area contributed by atoms with Crippen molar-refractivity contribution in [2.24, 2.45) is 0 Å². The normalized spacial score (nSPS) is 11.4. The van der Waals surface area contributed by atoms with Crippen molar-refractivity contribution >= 4 is 21.6 Å². The van der Waals surface area contributed by atoms with Gasteiger partial charge in [0.25, 0.3) is 0 Å². The molecule has 2 aromatic rings. The van der Waals surface area contributed by atoms with Gasteiger partial charge in [-0.25, -0.2) is 4.98 Å². The molecule has 68 valence electrons. The fraction of sp³-hybridized carbons (Fsp3) is 0.364. The van der Waals surface area contributed by atoms with E-state index in [0.717, 1.165) is 5.52 Å². The third-order valence-corrected chi connectivity index (χ3v) is 3.37. The predicted molar refractivity (Wildman–Crippen MR) is 58.4 cm³/mol. The summed E-state index contributed by atoms with van der Waals surface area (Å²) in [6, 6.07) is 6.43. The second-order valence-corrected chi connectivity index (χ2v) is 4.74. The van der Waals surface area contributed by atoms with Crippen molar-refractivity contribution in [1.82, 2.24) is 4.98 Å². The second kappa shape index (κ2) is 3.11. The summed E-state index contributed by atoms with van der Waals surface area (Å²) in [6.07, 6.45) is 0. The molecule has 1 heterocycles. The van der Waals surface area contributed by atoms with E-state index in [-0.39, 0.29) is 0 Å². The lowest BCUT2D eigenvalue weighted by Crippen LogP contribution is -1.82. The number of fused-ring (bicyclic) bond motifs is 1. The van der Waals surface area contributed by atoms with Crippen LogP contribution in [-0.2, 0) is 0 Å². The van der Waals surface area contributed by atoms with Gasteiger partial charge in [0, 0.05) is 5.92 Å². The molecule has 2 rings (SSSR count). The third kappa shape index (κ3) is 1.59. The zero-order valence-corrected chi connectivity index (χ0v) is 8.98. The molecule has 0 aliphatic heterocycles. The van der Waals surface area contributed by atoms with Crippen molar-refractivity contribution in [2.75, 3.05) is 0 Å². The lowest BCUT2D eigenvalue weighted by molar-refractivity contribution is 0.857. The van der Waals surface area contributed by atoms with Gasteiger partial charge in [-0.15, -0.1) is 11.3 Å². The van der Waals surface area contributed by atoms with Crippen molar-refractivity contribution in [1.29, 1.82) is 0 Å². The van der Waals surface area contributed by atoms with Crippen molar-refractivity contribution in [2.45, 2.75) is 26.7 Å². The summed E-state index contributed by atoms with van der Waals surface area (Å²) in [5.74, 6) is 0.540. The Labute approximate surface area is 82.4 Å². The maximum atomic E-state index is 4.57. The Morgan fingerprint density at radius 2 is 2.08 bits per heavy atom. The maximum Gasteiger partial charge on any atom is 0.0963 e. The minimum Gasteiger partial charge on any atom is -0.241 e.